The van der Waals surface area contributed by atoms with Crippen LogP contribution >= 0.6 is 0 Å². The highest BCUT2D eigenvalue weighted by molar-refractivity contribution is 5.79. The first-order valence-electron chi connectivity index (χ1n) is 7.79. The molecule has 1 aromatic rings. The number of nitrogens with zero attached hydrogens (tertiary/aromatic N) is 1. The summed E-state index contributed by atoms with van der Waals surface area (Å²) in [5, 5.41) is 0. The average molecular weight is 305 g/mol. The molecule has 0 saturated carbocycles. The number of rotatable bonds is 4. The van der Waals surface area contributed by atoms with Gasteiger partial charge in [0.15, 0.2) is 0 Å². The van der Waals surface area contributed by atoms with E-state index >= 15 is 0 Å². The quantitative estimate of drug-likeness (QED) is 0.848. The molecule has 0 bridgehead atoms. The first-order chi connectivity index (χ1) is 10.7. The molecule has 1 amide bonds. The number of hydrogen-bond donors (Lipinski definition) is 0. The fourth-order valence-electron chi connectivity index (χ4n) is 3.47. The van der Waals surface area contributed by atoms with Crippen LogP contribution in [0.4, 0.5) is 0 Å². The Hall–Kier alpha value is -1.59. The van der Waals surface area contributed by atoms with Crippen molar-refractivity contribution in [1.82, 2.24) is 4.90 Å². The molecule has 2 fully saturated rings. The van der Waals surface area contributed by atoms with Crippen molar-refractivity contribution in [2.75, 3.05) is 27.4 Å². The first-order valence-corrected chi connectivity index (χ1v) is 7.79. The molecule has 2 aliphatic heterocycles. The molecular formula is C17H23NO4. The maximum absolute atomic E-state index is 12.7. The van der Waals surface area contributed by atoms with Crippen LogP contribution in [0, 0.1) is 0 Å². The van der Waals surface area contributed by atoms with Crippen molar-refractivity contribution in [1.29, 1.82) is 0 Å². The highest BCUT2D eigenvalue weighted by Crippen LogP contribution is 2.30. The van der Waals surface area contributed by atoms with Gasteiger partial charge in [-0.05, 0) is 30.5 Å². The summed E-state index contributed by atoms with van der Waals surface area (Å²) in [6.45, 7) is 1.46. The Morgan fingerprint density at radius 1 is 1.27 bits per heavy atom. The monoisotopic (exact) mass is 305 g/mol. The van der Waals surface area contributed by atoms with Crippen LogP contribution in [-0.2, 0) is 20.7 Å². The van der Waals surface area contributed by atoms with E-state index in [2.05, 4.69) is 0 Å². The Balaban J connectivity index is 1.66. The van der Waals surface area contributed by atoms with Gasteiger partial charge in [-0.15, -0.1) is 0 Å². The van der Waals surface area contributed by atoms with E-state index in [0.29, 0.717) is 13.0 Å². The van der Waals surface area contributed by atoms with Crippen LogP contribution in [0.15, 0.2) is 24.3 Å². The van der Waals surface area contributed by atoms with Gasteiger partial charge >= 0.3 is 0 Å². The zero-order valence-electron chi connectivity index (χ0n) is 13.2. The van der Waals surface area contributed by atoms with Gasteiger partial charge in [0.25, 0.3) is 0 Å². The molecule has 0 radical (unpaired) electrons. The number of fused-ring (bicyclic) bond motifs is 1. The lowest BCUT2D eigenvalue weighted by Crippen LogP contribution is -2.55. The zero-order chi connectivity index (χ0) is 15.5. The SMILES string of the molecule is COc1ccc(CC(=O)N2CC[C@@H](OC)[C@@H]3OCC[C@H]32)cc1. The molecule has 0 N–H and O–H groups in total. The van der Waals surface area contributed by atoms with Gasteiger partial charge < -0.3 is 19.1 Å². The van der Waals surface area contributed by atoms with E-state index in [1.807, 2.05) is 29.2 Å². The number of hydrogen-bond acceptors (Lipinski definition) is 4. The van der Waals surface area contributed by atoms with Gasteiger partial charge in [-0.3, -0.25) is 4.79 Å². The number of ether oxygens (including phenoxy) is 3. The minimum Gasteiger partial charge on any atom is -0.497 e. The Kier molecular flexibility index (Phi) is 4.64. The van der Waals surface area contributed by atoms with Gasteiger partial charge in [-0.1, -0.05) is 12.1 Å². The molecule has 3 rings (SSSR count). The number of amides is 1. The van der Waals surface area contributed by atoms with Crippen LogP contribution in [0.1, 0.15) is 18.4 Å². The van der Waals surface area contributed by atoms with Crippen molar-refractivity contribution in [2.45, 2.75) is 37.5 Å². The molecule has 1 aromatic carbocycles. The summed E-state index contributed by atoms with van der Waals surface area (Å²) in [4.78, 5) is 14.6. The lowest BCUT2D eigenvalue weighted by Gasteiger charge is -2.40. The summed E-state index contributed by atoms with van der Waals surface area (Å²) in [6, 6.07) is 7.83. The van der Waals surface area contributed by atoms with Crippen LogP contribution in [-0.4, -0.2) is 56.4 Å². The van der Waals surface area contributed by atoms with Crippen LogP contribution in [0.25, 0.3) is 0 Å². The van der Waals surface area contributed by atoms with Gasteiger partial charge in [0, 0.05) is 20.3 Å². The maximum atomic E-state index is 12.7. The Labute approximate surface area is 131 Å². The van der Waals surface area contributed by atoms with Gasteiger partial charge in [-0.2, -0.15) is 0 Å². The lowest BCUT2D eigenvalue weighted by molar-refractivity contribution is -0.142. The number of piperidine rings is 1. The average Bonchev–Trinajstić information content (AvgIpc) is 3.04. The molecule has 2 aliphatic rings. The minimum atomic E-state index is 0.0265. The third-order valence-corrected chi connectivity index (χ3v) is 4.66. The molecule has 0 unspecified atom stereocenters. The zero-order valence-corrected chi connectivity index (χ0v) is 13.2. The van der Waals surface area contributed by atoms with E-state index in [-0.39, 0.29) is 24.2 Å². The number of benzene rings is 1. The van der Waals surface area contributed by atoms with Crippen molar-refractivity contribution in [3.63, 3.8) is 0 Å². The molecule has 5 nitrogen and oxygen atoms in total. The summed E-state index contributed by atoms with van der Waals surface area (Å²) in [7, 11) is 3.36. The summed E-state index contributed by atoms with van der Waals surface area (Å²) >= 11 is 0. The molecule has 120 valence electrons. The number of methoxy groups -OCH3 is 2. The Morgan fingerprint density at radius 2 is 2.05 bits per heavy atom. The molecule has 0 spiro atoms. The van der Waals surface area contributed by atoms with Gasteiger partial charge in [-0.25, -0.2) is 0 Å². The van der Waals surface area contributed by atoms with Crippen LogP contribution in [0.3, 0.4) is 0 Å². The fraction of sp³-hybridized carbons (Fsp3) is 0.588. The lowest BCUT2D eigenvalue weighted by atomic mass is 9.95. The van der Waals surface area contributed by atoms with Crippen LogP contribution < -0.4 is 4.74 Å². The molecule has 0 aliphatic carbocycles. The largest absolute Gasteiger partial charge is 0.497 e. The number of likely N-dealkylation sites (tertiary alicyclic amines) is 1. The minimum absolute atomic E-state index is 0.0265. The Bertz CT molecular complexity index is 516. The summed E-state index contributed by atoms with van der Waals surface area (Å²) < 4.78 is 16.4. The van der Waals surface area contributed by atoms with Crippen LogP contribution in [0.2, 0.25) is 0 Å². The van der Waals surface area contributed by atoms with Crippen molar-refractivity contribution >= 4 is 5.91 Å². The van der Waals surface area contributed by atoms with E-state index in [4.69, 9.17) is 14.2 Å². The molecular weight excluding hydrogens is 282 g/mol. The highest BCUT2D eigenvalue weighted by Gasteiger charge is 2.43. The van der Waals surface area contributed by atoms with Crippen molar-refractivity contribution in [3.8, 4) is 5.75 Å². The molecule has 0 aromatic heterocycles. The van der Waals surface area contributed by atoms with Crippen molar-refractivity contribution in [2.24, 2.45) is 0 Å². The van der Waals surface area contributed by atoms with Gasteiger partial charge in [0.05, 0.1) is 25.7 Å². The van der Waals surface area contributed by atoms with Gasteiger partial charge in [0.2, 0.25) is 5.91 Å². The highest BCUT2D eigenvalue weighted by atomic mass is 16.5. The smallest absolute Gasteiger partial charge is 0.227 e. The third kappa shape index (κ3) is 2.96. The molecule has 2 saturated heterocycles. The predicted molar refractivity (Wildman–Crippen MR) is 82.0 cm³/mol. The second-order valence-electron chi connectivity index (χ2n) is 5.87. The van der Waals surface area contributed by atoms with Crippen molar-refractivity contribution < 1.29 is 19.0 Å². The predicted octanol–water partition coefficient (Wildman–Crippen LogP) is 1.64. The summed E-state index contributed by atoms with van der Waals surface area (Å²) in [6.07, 6.45) is 2.30. The van der Waals surface area contributed by atoms with E-state index < -0.39 is 0 Å². The van der Waals surface area contributed by atoms with E-state index in [9.17, 15) is 4.79 Å². The first kappa shape index (κ1) is 15.3. The van der Waals surface area contributed by atoms with E-state index in [0.717, 1.165) is 30.7 Å². The third-order valence-electron chi connectivity index (χ3n) is 4.66. The number of carbonyl (C=O) groups excluding carboxylic acids is 1. The maximum Gasteiger partial charge on any atom is 0.227 e. The molecule has 22 heavy (non-hydrogen) atoms. The normalized spacial score (nSPS) is 27.5. The standard InChI is InChI=1S/C17H23NO4/c1-20-13-5-3-12(4-6-13)11-16(19)18-9-7-15(21-2)17-14(18)8-10-22-17/h3-6,14-15,17H,7-11H2,1-2H3/t14-,15-,17-/m1/s1. The number of carbonyl (C=O) groups is 1. The van der Waals surface area contributed by atoms with Gasteiger partial charge in [0.1, 0.15) is 11.9 Å². The molecule has 2 heterocycles. The van der Waals surface area contributed by atoms with Crippen molar-refractivity contribution in [3.05, 3.63) is 29.8 Å². The second kappa shape index (κ2) is 6.67. The van der Waals surface area contributed by atoms with E-state index in [1.54, 1.807) is 14.2 Å². The fourth-order valence-corrected chi connectivity index (χ4v) is 3.47. The Morgan fingerprint density at radius 3 is 2.73 bits per heavy atom. The molecule has 3 atom stereocenters. The second-order valence-corrected chi connectivity index (χ2v) is 5.87. The van der Waals surface area contributed by atoms with Crippen LogP contribution in [0.5, 0.6) is 5.75 Å². The molecule has 5 heteroatoms. The topological polar surface area (TPSA) is 48.0 Å². The summed E-state index contributed by atoms with van der Waals surface area (Å²) in [5.74, 6) is 0.974. The summed E-state index contributed by atoms with van der Waals surface area (Å²) in [5.41, 5.74) is 1.01. The van der Waals surface area contributed by atoms with E-state index in [1.165, 1.54) is 0 Å².